The zero-order chi connectivity index (χ0) is 18.3. The van der Waals surface area contributed by atoms with Crippen molar-refractivity contribution in [1.82, 2.24) is 10.2 Å². The van der Waals surface area contributed by atoms with Gasteiger partial charge in [0.2, 0.25) is 0 Å². The number of nitrogens with zero attached hydrogens (tertiary/aromatic N) is 2. The number of hydrogen-bond donors (Lipinski definition) is 2. The molecule has 1 aliphatic rings. The number of aldehydes is 1. The third-order valence-electron chi connectivity index (χ3n) is 3.39. The predicted octanol–water partition coefficient (Wildman–Crippen LogP) is -0.336. The number of carbonyl (C=O) groups is 2. The number of nitro groups is 1. The van der Waals surface area contributed by atoms with Gasteiger partial charge in [-0.15, -0.1) is 6.58 Å². The van der Waals surface area contributed by atoms with E-state index in [1.54, 1.807) is 0 Å². The van der Waals surface area contributed by atoms with Crippen molar-refractivity contribution < 1.29 is 29.1 Å². The van der Waals surface area contributed by atoms with Gasteiger partial charge in [-0.05, 0) is 6.92 Å². The number of aliphatic hydroxyl groups excluding tert-OH is 1. The van der Waals surface area contributed by atoms with E-state index < -0.39 is 42.0 Å². The molecule has 1 saturated heterocycles. The van der Waals surface area contributed by atoms with Crippen LogP contribution in [0.15, 0.2) is 24.4 Å². The van der Waals surface area contributed by atoms with Crippen LogP contribution in [0.1, 0.15) is 6.92 Å². The van der Waals surface area contributed by atoms with Crippen molar-refractivity contribution in [2.75, 3.05) is 20.3 Å². The van der Waals surface area contributed by atoms with Crippen LogP contribution < -0.4 is 5.32 Å². The minimum absolute atomic E-state index is 0.00895. The lowest BCUT2D eigenvalue weighted by atomic mass is 10.1. The zero-order valence-corrected chi connectivity index (χ0v) is 13.5. The Balaban J connectivity index is 3.26. The monoisotopic (exact) mass is 343 g/mol. The summed E-state index contributed by atoms with van der Waals surface area (Å²) in [4.78, 5) is 34.7. The fourth-order valence-corrected chi connectivity index (χ4v) is 2.33. The average Bonchev–Trinajstić information content (AvgIpc) is 2.95. The highest BCUT2D eigenvalue weighted by Crippen LogP contribution is 2.29. The Hall–Kier alpha value is -2.30. The molecule has 0 saturated carbocycles. The Labute approximate surface area is 138 Å². The molecule has 1 rings (SSSR count). The van der Waals surface area contributed by atoms with Gasteiger partial charge in [0.1, 0.15) is 6.29 Å². The van der Waals surface area contributed by atoms with Gasteiger partial charge in [0, 0.05) is 23.7 Å². The number of rotatable bonds is 8. The van der Waals surface area contributed by atoms with Gasteiger partial charge in [-0.3, -0.25) is 19.8 Å². The standard InChI is InChI=1S/C14H21N3O7/c1-4-5-23-12-11(17(21)22)10(8-19)24-13(12)16(14(20)15-3)6-9(2)7-18/h4,6-7,10-13,19H,1,5,8H2,2-3H3,(H,15,20)/b9-6-/t10-,11-,12-,13-/m1/s1. The molecule has 0 radical (unpaired) electrons. The zero-order valence-electron chi connectivity index (χ0n) is 13.5. The van der Waals surface area contributed by atoms with Gasteiger partial charge in [0.15, 0.2) is 18.4 Å². The summed E-state index contributed by atoms with van der Waals surface area (Å²) in [5, 5.41) is 23.1. The summed E-state index contributed by atoms with van der Waals surface area (Å²) >= 11 is 0. The summed E-state index contributed by atoms with van der Waals surface area (Å²) in [6, 6.07) is -2.02. The van der Waals surface area contributed by atoms with Gasteiger partial charge in [0.05, 0.1) is 13.2 Å². The number of amides is 2. The van der Waals surface area contributed by atoms with Crippen molar-refractivity contribution in [2.45, 2.75) is 31.4 Å². The molecular weight excluding hydrogens is 322 g/mol. The first kappa shape index (κ1) is 19.7. The van der Waals surface area contributed by atoms with Crippen LogP contribution in [-0.4, -0.2) is 72.0 Å². The molecule has 0 aliphatic carbocycles. The van der Waals surface area contributed by atoms with E-state index in [4.69, 9.17) is 9.47 Å². The van der Waals surface area contributed by atoms with E-state index in [1.165, 1.54) is 26.2 Å². The summed E-state index contributed by atoms with van der Waals surface area (Å²) in [5.74, 6) is 0. The van der Waals surface area contributed by atoms with E-state index in [-0.39, 0.29) is 12.2 Å². The molecule has 0 unspecified atom stereocenters. The molecule has 4 atom stereocenters. The summed E-state index contributed by atoms with van der Waals surface area (Å²) < 4.78 is 10.9. The van der Waals surface area contributed by atoms with Crippen LogP contribution in [0.2, 0.25) is 0 Å². The highest BCUT2D eigenvalue weighted by Gasteiger charge is 2.55. The van der Waals surface area contributed by atoms with Gasteiger partial charge >= 0.3 is 6.03 Å². The number of aliphatic hydroxyl groups is 1. The number of nitrogens with one attached hydrogen (secondary N) is 1. The van der Waals surface area contributed by atoms with Crippen LogP contribution in [0.4, 0.5) is 4.79 Å². The first-order valence-corrected chi connectivity index (χ1v) is 7.17. The SMILES string of the molecule is C=CCO[C@@H]1[C@H]([N+](=O)[O-])[C@@H](CO)O[C@H]1N(/C=C(/C)C=O)C(=O)NC. The Morgan fingerprint density at radius 3 is 2.71 bits per heavy atom. The Morgan fingerprint density at radius 2 is 2.25 bits per heavy atom. The number of allylic oxidation sites excluding steroid dienone is 1. The van der Waals surface area contributed by atoms with Gasteiger partial charge in [-0.1, -0.05) is 6.08 Å². The molecule has 134 valence electrons. The van der Waals surface area contributed by atoms with Crippen molar-refractivity contribution in [2.24, 2.45) is 0 Å². The minimum Gasteiger partial charge on any atom is -0.393 e. The smallest absolute Gasteiger partial charge is 0.323 e. The second-order valence-electron chi connectivity index (χ2n) is 5.06. The Kier molecular flexibility index (Phi) is 7.49. The summed E-state index contributed by atoms with van der Waals surface area (Å²) in [6.45, 7) is 4.32. The maximum atomic E-state index is 12.1. The third-order valence-corrected chi connectivity index (χ3v) is 3.39. The number of carbonyl (C=O) groups excluding carboxylic acids is 2. The second-order valence-corrected chi connectivity index (χ2v) is 5.06. The average molecular weight is 343 g/mol. The van der Waals surface area contributed by atoms with E-state index in [2.05, 4.69) is 11.9 Å². The molecule has 0 bridgehead atoms. The van der Waals surface area contributed by atoms with Gasteiger partial charge in [-0.25, -0.2) is 4.79 Å². The summed E-state index contributed by atoms with van der Waals surface area (Å²) in [7, 11) is 1.36. The lowest BCUT2D eigenvalue weighted by molar-refractivity contribution is -0.537. The number of hydrogen-bond acceptors (Lipinski definition) is 7. The van der Waals surface area contributed by atoms with E-state index in [9.17, 15) is 24.8 Å². The van der Waals surface area contributed by atoms with E-state index in [0.29, 0.717) is 6.29 Å². The molecule has 24 heavy (non-hydrogen) atoms. The molecule has 10 nitrogen and oxygen atoms in total. The molecule has 2 N–H and O–H groups in total. The number of ether oxygens (including phenoxy) is 2. The van der Waals surface area contributed by atoms with Crippen molar-refractivity contribution in [3.63, 3.8) is 0 Å². The van der Waals surface area contributed by atoms with Crippen LogP contribution >= 0.6 is 0 Å². The minimum atomic E-state index is -1.38. The van der Waals surface area contributed by atoms with Gasteiger partial charge in [0.25, 0.3) is 6.04 Å². The van der Waals surface area contributed by atoms with Gasteiger partial charge in [-0.2, -0.15) is 0 Å². The first-order valence-electron chi connectivity index (χ1n) is 7.17. The van der Waals surface area contributed by atoms with E-state index in [1.807, 2.05) is 0 Å². The van der Waals surface area contributed by atoms with Gasteiger partial charge < -0.3 is 19.9 Å². The molecule has 10 heteroatoms. The van der Waals surface area contributed by atoms with Crippen molar-refractivity contribution >= 4 is 12.3 Å². The van der Waals surface area contributed by atoms with Crippen molar-refractivity contribution in [3.05, 3.63) is 34.5 Å². The Bertz CT molecular complexity index is 522. The van der Waals surface area contributed by atoms with Crippen molar-refractivity contribution in [3.8, 4) is 0 Å². The van der Waals surface area contributed by atoms with E-state index in [0.717, 1.165) is 4.90 Å². The van der Waals surface area contributed by atoms with Crippen LogP contribution in [0.3, 0.4) is 0 Å². The topological polar surface area (TPSA) is 131 Å². The van der Waals surface area contributed by atoms with Crippen LogP contribution in [0, 0.1) is 10.1 Å². The van der Waals surface area contributed by atoms with Crippen LogP contribution in [0.5, 0.6) is 0 Å². The molecule has 1 aliphatic heterocycles. The van der Waals surface area contributed by atoms with Crippen LogP contribution in [-0.2, 0) is 14.3 Å². The highest BCUT2D eigenvalue weighted by molar-refractivity contribution is 5.78. The molecule has 0 aromatic heterocycles. The second kappa shape index (κ2) is 9.11. The quantitative estimate of drug-likeness (QED) is 0.203. The first-order chi connectivity index (χ1) is 11.4. The predicted molar refractivity (Wildman–Crippen MR) is 82.6 cm³/mol. The molecule has 0 aromatic carbocycles. The normalized spacial score (nSPS) is 26.7. The largest absolute Gasteiger partial charge is 0.393 e. The fraction of sp³-hybridized carbons (Fsp3) is 0.571. The fourth-order valence-electron chi connectivity index (χ4n) is 2.33. The lowest BCUT2D eigenvalue weighted by Crippen LogP contribution is -2.50. The maximum absolute atomic E-state index is 12.1. The maximum Gasteiger partial charge on any atom is 0.323 e. The molecule has 1 fully saturated rings. The molecule has 1 heterocycles. The highest BCUT2D eigenvalue weighted by atomic mass is 16.7. The number of urea groups is 1. The Morgan fingerprint density at radius 1 is 1.58 bits per heavy atom. The van der Waals surface area contributed by atoms with Crippen LogP contribution in [0.25, 0.3) is 0 Å². The van der Waals surface area contributed by atoms with E-state index >= 15 is 0 Å². The summed E-state index contributed by atoms with van der Waals surface area (Å²) in [5.41, 5.74) is 0.203. The lowest BCUT2D eigenvalue weighted by Gasteiger charge is -2.28. The molecule has 0 aromatic rings. The van der Waals surface area contributed by atoms with Crippen molar-refractivity contribution in [1.29, 1.82) is 0 Å². The summed E-state index contributed by atoms with van der Waals surface area (Å²) in [6.07, 6.45) is -0.361. The third kappa shape index (κ3) is 4.37. The molecule has 0 spiro atoms. The molecule has 2 amide bonds. The molecular formula is C14H21N3O7.